The van der Waals surface area contributed by atoms with Crippen molar-refractivity contribution in [2.75, 3.05) is 0 Å². The summed E-state index contributed by atoms with van der Waals surface area (Å²) in [4.78, 5) is 39.8. The first-order chi connectivity index (χ1) is 19.5. The van der Waals surface area contributed by atoms with E-state index in [9.17, 15) is 9.59 Å². The number of Topliss-reactive ketones (excluding diaryl/α,β-unsaturated/α-hetero) is 2. The molecular formula is C34H47N3O4. The Hall–Kier alpha value is -2.57. The molecule has 41 heavy (non-hydrogen) atoms. The van der Waals surface area contributed by atoms with Gasteiger partial charge in [0.1, 0.15) is 23.4 Å². The van der Waals surface area contributed by atoms with Gasteiger partial charge in [0.15, 0.2) is 5.78 Å². The number of hydrogen-bond donors (Lipinski definition) is 0. The number of nitrogens with zero attached hydrogens (tertiary/aromatic N) is 3. The van der Waals surface area contributed by atoms with Crippen molar-refractivity contribution in [2.45, 2.75) is 105 Å². The number of ether oxygens (including phenoxy) is 1. The minimum absolute atomic E-state index is 0.0139. The van der Waals surface area contributed by atoms with Crippen LogP contribution < -0.4 is 0 Å². The Morgan fingerprint density at radius 2 is 1.88 bits per heavy atom. The first-order valence-electron chi connectivity index (χ1n) is 16.0. The minimum Gasteiger partial charge on any atom is -0.462 e. The topological polar surface area (TPSA) is 91.2 Å². The van der Waals surface area contributed by atoms with E-state index in [1.165, 1.54) is 6.92 Å². The van der Waals surface area contributed by atoms with Crippen LogP contribution in [-0.4, -0.2) is 38.6 Å². The highest BCUT2D eigenvalue weighted by Crippen LogP contribution is 2.70. The van der Waals surface area contributed by atoms with E-state index < -0.39 is 11.5 Å². The number of hydrogen-bond acceptors (Lipinski definition) is 6. The molecule has 0 radical (unpaired) electrons. The zero-order valence-corrected chi connectivity index (χ0v) is 25.6. The van der Waals surface area contributed by atoms with E-state index in [4.69, 9.17) is 9.95 Å². The fourth-order valence-electron chi connectivity index (χ4n) is 10.5. The Morgan fingerprint density at radius 1 is 1.12 bits per heavy atom. The van der Waals surface area contributed by atoms with Crippen LogP contribution in [0, 0.1) is 52.3 Å². The Labute approximate surface area is 244 Å². The molecule has 4 aliphatic carbocycles. The van der Waals surface area contributed by atoms with Gasteiger partial charge in [-0.15, -0.1) is 5.10 Å². The first kappa shape index (κ1) is 28.5. The van der Waals surface area contributed by atoms with E-state index in [-0.39, 0.29) is 58.6 Å². The summed E-state index contributed by atoms with van der Waals surface area (Å²) in [6, 6.07) is 7.49. The van der Waals surface area contributed by atoms with E-state index in [0.29, 0.717) is 18.3 Å². The number of carbonyl (C=O) groups excluding carboxylic acids is 3. The van der Waals surface area contributed by atoms with Gasteiger partial charge in [-0.25, -0.2) is 4.68 Å². The highest BCUT2D eigenvalue weighted by molar-refractivity contribution is 5.92. The molecule has 7 heteroatoms. The molecule has 6 rings (SSSR count). The first-order valence-corrected chi connectivity index (χ1v) is 16.0. The van der Waals surface area contributed by atoms with Gasteiger partial charge in [-0.05, 0) is 92.6 Å². The van der Waals surface area contributed by atoms with Crippen LogP contribution in [0.2, 0.25) is 0 Å². The van der Waals surface area contributed by atoms with E-state index >= 15 is 4.79 Å². The lowest BCUT2D eigenvalue weighted by Gasteiger charge is -2.64. The van der Waals surface area contributed by atoms with Crippen LogP contribution in [0.1, 0.15) is 99.0 Å². The number of ketones is 2. The number of para-hydroxylation sites is 1. The van der Waals surface area contributed by atoms with Crippen LogP contribution in [-0.2, 0) is 19.1 Å². The molecular weight excluding hydrogens is 514 g/mol. The molecule has 0 bridgehead atoms. The highest BCUT2D eigenvalue weighted by Gasteiger charge is 2.70. The summed E-state index contributed by atoms with van der Waals surface area (Å²) in [7, 11) is 0. The fraction of sp³-hybridized carbons (Fsp3) is 0.735. The van der Waals surface area contributed by atoms with Crippen molar-refractivity contribution in [3.05, 3.63) is 24.3 Å². The van der Waals surface area contributed by atoms with Crippen LogP contribution >= 0.6 is 0 Å². The Balaban J connectivity index is 1.53. The van der Waals surface area contributed by atoms with Gasteiger partial charge < -0.3 is 9.53 Å². The molecule has 4 aliphatic rings. The van der Waals surface area contributed by atoms with Gasteiger partial charge in [0.05, 0.1) is 5.52 Å². The van der Waals surface area contributed by atoms with Gasteiger partial charge in [-0.3, -0.25) is 9.59 Å². The summed E-state index contributed by atoms with van der Waals surface area (Å²) in [6.45, 7) is 12.4. The molecule has 0 aliphatic heterocycles. The molecule has 0 N–H and O–H groups in total. The lowest BCUT2D eigenvalue weighted by Crippen LogP contribution is -2.65. The summed E-state index contributed by atoms with van der Waals surface area (Å²) in [5.74, 6) is 1.90. The maximum atomic E-state index is 15.3. The molecule has 222 valence electrons. The summed E-state index contributed by atoms with van der Waals surface area (Å²) in [6.07, 6.45) is 7.26. The third-order valence-electron chi connectivity index (χ3n) is 12.4. The standard InChI is InChI=1S/C34H47N3O4/c1-19-15-16-33(5)23(17-19)18-28(41-22(4)39)29-25-14-13-24(20(2)11-12-21(3)38)34(25,6)32(40)31(30(29)33)37-27-10-8-7-9-26(27)35-36-37/h7-10,19-20,23-25,28-31H,11-18H2,1-6H3/t19-,20-,23+,24?,25?,28?,29?,30?,31?,33+,34-/m1/s1. The monoisotopic (exact) mass is 561 g/mol. The van der Waals surface area contributed by atoms with Gasteiger partial charge >= 0.3 is 5.97 Å². The normalized spacial score (nSPS) is 40.9. The summed E-state index contributed by atoms with van der Waals surface area (Å²) in [5.41, 5.74) is 1.05. The smallest absolute Gasteiger partial charge is 0.302 e. The van der Waals surface area contributed by atoms with Crippen LogP contribution in [0.3, 0.4) is 0 Å². The Kier molecular flexibility index (Phi) is 7.17. The Bertz CT molecular complexity index is 1350. The van der Waals surface area contributed by atoms with Crippen molar-refractivity contribution in [1.82, 2.24) is 15.0 Å². The summed E-state index contributed by atoms with van der Waals surface area (Å²) in [5, 5.41) is 9.22. The predicted molar refractivity (Wildman–Crippen MR) is 157 cm³/mol. The largest absolute Gasteiger partial charge is 0.462 e. The molecule has 6 unspecified atom stereocenters. The molecule has 0 saturated heterocycles. The third kappa shape index (κ3) is 4.39. The van der Waals surface area contributed by atoms with Crippen molar-refractivity contribution in [1.29, 1.82) is 0 Å². The summed E-state index contributed by atoms with van der Waals surface area (Å²) >= 11 is 0. The van der Waals surface area contributed by atoms with Crippen molar-refractivity contribution in [3.63, 3.8) is 0 Å². The van der Waals surface area contributed by atoms with Crippen LogP contribution in [0.15, 0.2) is 24.3 Å². The highest BCUT2D eigenvalue weighted by atomic mass is 16.5. The van der Waals surface area contributed by atoms with Gasteiger partial charge in [0.25, 0.3) is 0 Å². The van der Waals surface area contributed by atoms with Gasteiger partial charge in [0.2, 0.25) is 0 Å². The average Bonchev–Trinajstić information content (AvgIpc) is 3.50. The van der Waals surface area contributed by atoms with Crippen molar-refractivity contribution >= 4 is 28.6 Å². The molecule has 4 saturated carbocycles. The lowest BCUT2D eigenvalue weighted by molar-refractivity contribution is -0.202. The minimum atomic E-state index is -0.585. The number of aromatic nitrogens is 3. The quantitative estimate of drug-likeness (QED) is 0.369. The molecule has 11 atom stereocenters. The molecule has 1 heterocycles. The maximum Gasteiger partial charge on any atom is 0.302 e. The number of rotatable bonds is 6. The van der Waals surface area contributed by atoms with E-state index in [0.717, 1.165) is 56.0 Å². The molecule has 0 amide bonds. The van der Waals surface area contributed by atoms with E-state index in [2.05, 4.69) is 32.8 Å². The number of carbonyl (C=O) groups is 3. The fourth-order valence-corrected chi connectivity index (χ4v) is 10.5. The zero-order chi connectivity index (χ0) is 29.3. The van der Waals surface area contributed by atoms with Crippen molar-refractivity contribution in [2.24, 2.45) is 52.3 Å². The van der Waals surface area contributed by atoms with Crippen LogP contribution in [0.5, 0.6) is 0 Å². The number of esters is 1. The molecule has 0 spiro atoms. The van der Waals surface area contributed by atoms with Gasteiger partial charge in [0, 0.05) is 30.6 Å². The SMILES string of the molecule is CC(=O)CC[C@@H](C)C1CCC2C3C(OC(C)=O)C[C@@H]4C[C@H](C)CC[C@]4(C)C3C(n3nnc4ccccc43)C(=O)[C@@]21C. The maximum absolute atomic E-state index is 15.3. The number of fused-ring (bicyclic) bond motifs is 6. The van der Waals surface area contributed by atoms with Crippen LogP contribution in [0.4, 0.5) is 0 Å². The van der Waals surface area contributed by atoms with Gasteiger partial charge in [-0.1, -0.05) is 51.5 Å². The van der Waals surface area contributed by atoms with Crippen molar-refractivity contribution < 1.29 is 19.1 Å². The molecule has 2 aromatic rings. The average molecular weight is 562 g/mol. The number of benzene rings is 1. The second-order valence-electron chi connectivity index (χ2n) is 14.7. The second-order valence-corrected chi connectivity index (χ2v) is 14.7. The van der Waals surface area contributed by atoms with Crippen LogP contribution in [0.25, 0.3) is 11.0 Å². The predicted octanol–water partition coefficient (Wildman–Crippen LogP) is 6.60. The Morgan fingerprint density at radius 3 is 2.61 bits per heavy atom. The van der Waals surface area contributed by atoms with Gasteiger partial charge in [-0.2, -0.15) is 0 Å². The molecule has 4 fully saturated rings. The molecule has 1 aromatic heterocycles. The van der Waals surface area contributed by atoms with E-state index in [1.54, 1.807) is 6.92 Å². The molecule has 7 nitrogen and oxygen atoms in total. The van der Waals surface area contributed by atoms with E-state index in [1.807, 2.05) is 28.9 Å². The third-order valence-corrected chi connectivity index (χ3v) is 12.4. The molecule has 1 aromatic carbocycles. The van der Waals surface area contributed by atoms with Crippen molar-refractivity contribution in [3.8, 4) is 0 Å². The lowest BCUT2D eigenvalue weighted by atomic mass is 9.41. The second kappa shape index (κ2) is 10.3. The zero-order valence-electron chi connectivity index (χ0n) is 25.6. The summed E-state index contributed by atoms with van der Waals surface area (Å²) < 4.78 is 8.21.